The number of benzene rings is 1. The summed E-state index contributed by atoms with van der Waals surface area (Å²) in [6, 6.07) is 5.38. The summed E-state index contributed by atoms with van der Waals surface area (Å²) in [5.74, 6) is -0.134. The number of hydrogen-bond donors (Lipinski definition) is 1. The highest BCUT2D eigenvalue weighted by atomic mass is 19.1. The average molecular weight is 296 g/mol. The van der Waals surface area contributed by atoms with Crippen molar-refractivity contribution in [1.82, 2.24) is 10.2 Å². The van der Waals surface area contributed by atoms with Gasteiger partial charge in [0.05, 0.1) is 6.61 Å². The molecule has 21 heavy (non-hydrogen) atoms. The summed E-state index contributed by atoms with van der Waals surface area (Å²) in [4.78, 5) is 2.18. The Balaban J connectivity index is 2.72. The standard InChI is InChI=1S/C17H29FN2O/c1-6-20(9-10-21-5)13-15-11-14(7-8-16(15)18)12-19-17(2,3)4/h7-8,11,19H,6,9-10,12-13H2,1-5H3. The van der Waals surface area contributed by atoms with Gasteiger partial charge < -0.3 is 10.1 Å². The molecule has 0 aliphatic carbocycles. The fourth-order valence-corrected chi connectivity index (χ4v) is 2.04. The van der Waals surface area contributed by atoms with Crippen LogP contribution in [0.25, 0.3) is 0 Å². The third-order valence-corrected chi connectivity index (χ3v) is 3.39. The van der Waals surface area contributed by atoms with Crippen molar-refractivity contribution in [1.29, 1.82) is 0 Å². The highest BCUT2D eigenvalue weighted by molar-refractivity contribution is 5.25. The van der Waals surface area contributed by atoms with Gasteiger partial charge in [-0.2, -0.15) is 0 Å². The summed E-state index contributed by atoms with van der Waals surface area (Å²) in [6.45, 7) is 12.2. The summed E-state index contributed by atoms with van der Waals surface area (Å²) in [5, 5.41) is 3.43. The molecule has 0 heterocycles. The van der Waals surface area contributed by atoms with Gasteiger partial charge in [-0.3, -0.25) is 4.90 Å². The van der Waals surface area contributed by atoms with E-state index in [1.165, 1.54) is 0 Å². The van der Waals surface area contributed by atoms with E-state index < -0.39 is 0 Å². The summed E-state index contributed by atoms with van der Waals surface area (Å²) in [5.41, 5.74) is 1.92. The second kappa shape index (κ2) is 8.47. The number of methoxy groups -OCH3 is 1. The van der Waals surface area contributed by atoms with Crippen LogP contribution in [0.15, 0.2) is 18.2 Å². The SMILES string of the molecule is CCN(CCOC)Cc1cc(CNC(C)(C)C)ccc1F. The van der Waals surface area contributed by atoms with E-state index in [4.69, 9.17) is 4.74 Å². The van der Waals surface area contributed by atoms with Crippen molar-refractivity contribution >= 4 is 0 Å². The molecule has 0 saturated carbocycles. The summed E-state index contributed by atoms with van der Waals surface area (Å²) >= 11 is 0. The van der Waals surface area contributed by atoms with Crippen LogP contribution in [0, 0.1) is 5.82 Å². The fraction of sp³-hybridized carbons (Fsp3) is 0.647. The molecule has 120 valence electrons. The first kappa shape index (κ1) is 18.1. The third kappa shape index (κ3) is 7.02. The quantitative estimate of drug-likeness (QED) is 0.797. The Morgan fingerprint density at radius 2 is 2.00 bits per heavy atom. The Bertz CT molecular complexity index is 429. The average Bonchev–Trinajstić information content (AvgIpc) is 2.43. The Labute approximate surface area is 128 Å². The van der Waals surface area contributed by atoms with Gasteiger partial charge in [-0.1, -0.05) is 19.1 Å². The lowest BCUT2D eigenvalue weighted by Gasteiger charge is -2.22. The van der Waals surface area contributed by atoms with Crippen molar-refractivity contribution in [3.63, 3.8) is 0 Å². The Morgan fingerprint density at radius 1 is 1.29 bits per heavy atom. The van der Waals surface area contributed by atoms with Gasteiger partial charge in [-0.15, -0.1) is 0 Å². The molecule has 0 unspecified atom stereocenters. The minimum absolute atomic E-state index is 0.0580. The molecule has 1 aromatic rings. The number of hydrogen-bond acceptors (Lipinski definition) is 3. The number of nitrogens with zero attached hydrogens (tertiary/aromatic N) is 1. The minimum Gasteiger partial charge on any atom is -0.383 e. The maximum Gasteiger partial charge on any atom is 0.127 e. The van der Waals surface area contributed by atoms with Crippen LogP contribution >= 0.6 is 0 Å². The van der Waals surface area contributed by atoms with Crippen molar-refractivity contribution < 1.29 is 9.13 Å². The molecule has 0 aliphatic heterocycles. The zero-order valence-corrected chi connectivity index (χ0v) is 14.0. The smallest absolute Gasteiger partial charge is 0.127 e. The Hall–Kier alpha value is -0.970. The van der Waals surface area contributed by atoms with Gasteiger partial charge in [-0.25, -0.2) is 4.39 Å². The van der Waals surface area contributed by atoms with Crippen LogP contribution in [-0.2, 0) is 17.8 Å². The van der Waals surface area contributed by atoms with Crippen molar-refractivity contribution in [2.45, 2.75) is 46.3 Å². The van der Waals surface area contributed by atoms with E-state index >= 15 is 0 Å². The minimum atomic E-state index is -0.134. The largest absolute Gasteiger partial charge is 0.383 e. The third-order valence-electron chi connectivity index (χ3n) is 3.39. The Kier molecular flexibility index (Phi) is 7.29. The van der Waals surface area contributed by atoms with Crippen LogP contribution in [0.5, 0.6) is 0 Å². The molecular formula is C17H29FN2O. The van der Waals surface area contributed by atoms with Gasteiger partial charge in [0.25, 0.3) is 0 Å². The molecule has 1 rings (SSSR count). The van der Waals surface area contributed by atoms with E-state index in [1.54, 1.807) is 13.2 Å². The topological polar surface area (TPSA) is 24.5 Å². The maximum atomic E-state index is 14.0. The van der Waals surface area contributed by atoms with Crippen molar-refractivity contribution in [2.75, 3.05) is 26.8 Å². The number of likely N-dealkylation sites (N-methyl/N-ethyl adjacent to an activating group) is 1. The van der Waals surface area contributed by atoms with Gasteiger partial charge in [-0.05, 0) is 38.9 Å². The monoisotopic (exact) mass is 296 g/mol. The first-order valence-electron chi connectivity index (χ1n) is 7.59. The lowest BCUT2D eigenvalue weighted by Crippen LogP contribution is -2.35. The molecule has 3 nitrogen and oxygen atoms in total. The molecule has 4 heteroatoms. The molecule has 0 aliphatic rings. The predicted molar refractivity (Wildman–Crippen MR) is 85.8 cm³/mol. The van der Waals surface area contributed by atoms with E-state index in [9.17, 15) is 4.39 Å². The van der Waals surface area contributed by atoms with E-state index in [1.807, 2.05) is 12.1 Å². The second-order valence-electron chi connectivity index (χ2n) is 6.39. The molecule has 1 aromatic carbocycles. The predicted octanol–water partition coefficient (Wildman–Crippen LogP) is 3.18. The number of rotatable bonds is 8. The first-order valence-corrected chi connectivity index (χ1v) is 7.59. The van der Waals surface area contributed by atoms with E-state index in [0.717, 1.165) is 30.8 Å². The molecule has 0 fully saturated rings. The molecule has 0 aromatic heterocycles. The molecule has 0 spiro atoms. The van der Waals surface area contributed by atoms with Crippen LogP contribution in [0.3, 0.4) is 0 Å². The summed E-state index contributed by atoms with van der Waals surface area (Å²) in [6.07, 6.45) is 0. The molecular weight excluding hydrogens is 267 g/mol. The van der Waals surface area contributed by atoms with Gasteiger partial charge in [0, 0.05) is 37.8 Å². The van der Waals surface area contributed by atoms with Gasteiger partial charge in [0.2, 0.25) is 0 Å². The number of halogens is 1. The number of nitrogens with one attached hydrogen (secondary N) is 1. The van der Waals surface area contributed by atoms with E-state index in [0.29, 0.717) is 13.2 Å². The van der Waals surface area contributed by atoms with Crippen LogP contribution in [0.4, 0.5) is 4.39 Å². The molecule has 1 N–H and O–H groups in total. The van der Waals surface area contributed by atoms with Gasteiger partial charge >= 0.3 is 0 Å². The summed E-state index contributed by atoms with van der Waals surface area (Å²) < 4.78 is 19.1. The van der Waals surface area contributed by atoms with Crippen LogP contribution in [0.2, 0.25) is 0 Å². The zero-order valence-electron chi connectivity index (χ0n) is 14.0. The Morgan fingerprint density at radius 3 is 2.57 bits per heavy atom. The maximum absolute atomic E-state index is 14.0. The molecule has 0 atom stereocenters. The van der Waals surface area contributed by atoms with Crippen molar-refractivity contribution in [2.24, 2.45) is 0 Å². The molecule has 0 bridgehead atoms. The lowest BCUT2D eigenvalue weighted by atomic mass is 10.1. The van der Waals surface area contributed by atoms with Gasteiger partial charge in [0.1, 0.15) is 5.82 Å². The van der Waals surface area contributed by atoms with E-state index in [-0.39, 0.29) is 11.4 Å². The second-order valence-corrected chi connectivity index (χ2v) is 6.39. The van der Waals surface area contributed by atoms with Crippen LogP contribution in [-0.4, -0.2) is 37.2 Å². The van der Waals surface area contributed by atoms with Crippen molar-refractivity contribution in [3.05, 3.63) is 35.1 Å². The van der Waals surface area contributed by atoms with Crippen LogP contribution in [0.1, 0.15) is 38.8 Å². The molecule has 0 amide bonds. The first-order chi connectivity index (χ1) is 9.85. The number of ether oxygens (including phenoxy) is 1. The zero-order chi connectivity index (χ0) is 15.9. The molecule has 0 radical (unpaired) electrons. The highest BCUT2D eigenvalue weighted by Gasteiger charge is 2.11. The van der Waals surface area contributed by atoms with Crippen LogP contribution < -0.4 is 5.32 Å². The van der Waals surface area contributed by atoms with Gasteiger partial charge in [0.15, 0.2) is 0 Å². The van der Waals surface area contributed by atoms with Crippen molar-refractivity contribution in [3.8, 4) is 0 Å². The fourth-order valence-electron chi connectivity index (χ4n) is 2.04. The normalized spacial score (nSPS) is 12.1. The lowest BCUT2D eigenvalue weighted by molar-refractivity contribution is 0.147. The summed E-state index contributed by atoms with van der Waals surface area (Å²) in [7, 11) is 1.69. The molecule has 0 saturated heterocycles. The van der Waals surface area contributed by atoms with E-state index in [2.05, 4.69) is 37.9 Å². The highest BCUT2D eigenvalue weighted by Crippen LogP contribution is 2.14.